The molecule has 2 nitrogen and oxygen atoms in total. The summed E-state index contributed by atoms with van der Waals surface area (Å²) in [4.78, 5) is 4.39. The van der Waals surface area contributed by atoms with Crippen molar-refractivity contribution in [3.05, 3.63) is 73.9 Å². The van der Waals surface area contributed by atoms with Gasteiger partial charge >= 0.3 is 0 Å². The first kappa shape index (κ1) is 14.0. The Morgan fingerprint density at radius 1 is 1.10 bits per heavy atom. The SMILES string of the molecule is NC(c1ccc2cccnc2c1)c1cc(Br)ccc1I. The molecule has 100 valence electrons. The van der Waals surface area contributed by atoms with Gasteiger partial charge in [-0.25, -0.2) is 0 Å². The summed E-state index contributed by atoms with van der Waals surface area (Å²) < 4.78 is 2.21. The van der Waals surface area contributed by atoms with E-state index in [9.17, 15) is 0 Å². The molecule has 2 N–H and O–H groups in total. The van der Waals surface area contributed by atoms with E-state index in [2.05, 4.69) is 79.9 Å². The second kappa shape index (κ2) is 5.79. The van der Waals surface area contributed by atoms with Gasteiger partial charge in [-0.15, -0.1) is 0 Å². The number of hydrogen-bond donors (Lipinski definition) is 1. The molecule has 2 aromatic carbocycles. The highest BCUT2D eigenvalue weighted by molar-refractivity contribution is 14.1. The molecular weight excluding hydrogens is 427 g/mol. The Labute approximate surface area is 139 Å². The zero-order valence-corrected chi connectivity index (χ0v) is 14.3. The second-order valence-corrected chi connectivity index (χ2v) is 6.68. The molecule has 0 saturated heterocycles. The van der Waals surface area contributed by atoms with Crippen molar-refractivity contribution < 1.29 is 0 Å². The number of aromatic nitrogens is 1. The van der Waals surface area contributed by atoms with E-state index in [0.29, 0.717) is 0 Å². The average molecular weight is 439 g/mol. The van der Waals surface area contributed by atoms with Gasteiger partial charge in [0, 0.05) is 19.6 Å². The third-order valence-corrected chi connectivity index (χ3v) is 4.76. The number of halogens is 2. The maximum Gasteiger partial charge on any atom is 0.0705 e. The number of hydrogen-bond acceptors (Lipinski definition) is 2. The first-order valence-electron chi connectivity index (χ1n) is 6.20. The highest BCUT2D eigenvalue weighted by atomic mass is 127. The fraction of sp³-hybridized carbons (Fsp3) is 0.0625. The second-order valence-electron chi connectivity index (χ2n) is 4.60. The van der Waals surface area contributed by atoms with E-state index in [0.717, 1.165) is 26.5 Å². The molecule has 0 spiro atoms. The topological polar surface area (TPSA) is 38.9 Å². The van der Waals surface area contributed by atoms with Crippen molar-refractivity contribution in [2.75, 3.05) is 0 Å². The Bertz CT molecular complexity index is 773. The molecule has 1 aromatic heterocycles. The van der Waals surface area contributed by atoms with Gasteiger partial charge in [0.05, 0.1) is 11.6 Å². The van der Waals surface area contributed by atoms with Crippen LogP contribution in [0.1, 0.15) is 17.2 Å². The number of rotatable bonds is 2. The number of nitrogens with two attached hydrogens (primary N) is 1. The van der Waals surface area contributed by atoms with Crippen molar-refractivity contribution in [2.45, 2.75) is 6.04 Å². The Kier molecular flexibility index (Phi) is 4.05. The van der Waals surface area contributed by atoms with E-state index in [1.807, 2.05) is 12.1 Å². The lowest BCUT2D eigenvalue weighted by molar-refractivity contribution is 0.865. The first-order chi connectivity index (χ1) is 9.65. The maximum absolute atomic E-state index is 6.42. The van der Waals surface area contributed by atoms with Crippen LogP contribution in [0.25, 0.3) is 10.9 Å². The number of pyridine rings is 1. The first-order valence-corrected chi connectivity index (χ1v) is 8.07. The predicted octanol–water partition coefficient (Wildman–Crippen LogP) is 4.65. The van der Waals surface area contributed by atoms with E-state index in [1.165, 1.54) is 3.57 Å². The summed E-state index contributed by atoms with van der Waals surface area (Å²) in [6.45, 7) is 0. The van der Waals surface area contributed by atoms with Crippen LogP contribution in [0.4, 0.5) is 0 Å². The van der Waals surface area contributed by atoms with Crippen molar-refractivity contribution in [1.82, 2.24) is 4.98 Å². The highest BCUT2D eigenvalue weighted by Crippen LogP contribution is 2.28. The summed E-state index contributed by atoms with van der Waals surface area (Å²) in [6, 6.07) is 16.2. The molecule has 0 saturated carbocycles. The van der Waals surface area contributed by atoms with Gasteiger partial charge in [0.1, 0.15) is 0 Å². The lowest BCUT2D eigenvalue weighted by Crippen LogP contribution is -2.13. The molecule has 0 aliphatic carbocycles. The van der Waals surface area contributed by atoms with Gasteiger partial charge < -0.3 is 5.73 Å². The molecule has 1 atom stereocenters. The third-order valence-electron chi connectivity index (χ3n) is 3.28. The molecule has 0 radical (unpaired) electrons. The molecule has 20 heavy (non-hydrogen) atoms. The van der Waals surface area contributed by atoms with Crippen LogP contribution in [-0.4, -0.2) is 4.98 Å². The van der Waals surface area contributed by atoms with Gasteiger partial charge in [0.25, 0.3) is 0 Å². The normalized spacial score (nSPS) is 12.6. The van der Waals surface area contributed by atoms with Crippen molar-refractivity contribution in [1.29, 1.82) is 0 Å². The standard InChI is InChI=1S/C16H12BrIN2/c17-12-5-6-14(18)13(9-12)16(19)11-4-3-10-2-1-7-20-15(10)8-11/h1-9,16H,19H2. The van der Waals surface area contributed by atoms with E-state index >= 15 is 0 Å². The fourth-order valence-electron chi connectivity index (χ4n) is 2.21. The van der Waals surface area contributed by atoms with Gasteiger partial charge in [0.15, 0.2) is 0 Å². The maximum atomic E-state index is 6.42. The van der Waals surface area contributed by atoms with Crippen LogP contribution in [0.5, 0.6) is 0 Å². The summed E-state index contributed by atoms with van der Waals surface area (Å²) in [5, 5.41) is 1.13. The number of nitrogens with zero attached hydrogens (tertiary/aromatic N) is 1. The lowest BCUT2D eigenvalue weighted by atomic mass is 9.98. The van der Waals surface area contributed by atoms with Gasteiger partial charge in [-0.2, -0.15) is 0 Å². The molecule has 0 aliphatic rings. The van der Waals surface area contributed by atoms with Crippen molar-refractivity contribution in [2.24, 2.45) is 5.73 Å². The molecule has 0 bridgehead atoms. The Morgan fingerprint density at radius 3 is 2.80 bits per heavy atom. The molecule has 3 aromatic rings. The molecule has 3 rings (SSSR count). The summed E-state index contributed by atoms with van der Waals surface area (Å²) in [7, 11) is 0. The molecule has 1 heterocycles. The van der Waals surface area contributed by atoms with Crippen LogP contribution >= 0.6 is 38.5 Å². The third kappa shape index (κ3) is 2.73. The lowest BCUT2D eigenvalue weighted by Gasteiger charge is -2.15. The van der Waals surface area contributed by atoms with Crippen LogP contribution in [0.3, 0.4) is 0 Å². The van der Waals surface area contributed by atoms with E-state index in [-0.39, 0.29) is 6.04 Å². The minimum absolute atomic E-state index is 0.147. The van der Waals surface area contributed by atoms with Gasteiger partial charge in [0.2, 0.25) is 0 Å². The zero-order chi connectivity index (χ0) is 14.1. The molecule has 0 amide bonds. The van der Waals surface area contributed by atoms with Crippen LogP contribution in [-0.2, 0) is 0 Å². The summed E-state index contributed by atoms with van der Waals surface area (Å²) in [5.41, 5.74) is 9.60. The summed E-state index contributed by atoms with van der Waals surface area (Å²) in [6.07, 6.45) is 1.81. The smallest absolute Gasteiger partial charge is 0.0705 e. The number of fused-ring (bicyclic) bond motifs is 1. The molecular formula is C16H12BrIN2. The monoisotopic (exact) mass is 438 g/mol. The van der Waals surface area contributed by atoms with E-state index in [1.54, 1.807) is 6.20 Å². The fourth-order valence-corrected chi connectivity index (χ4v) is 3.26. The summed E-state index contributed by atoms with van der Waals surface area (Å²) in [5.74, 6) is 0. The van der Waals surface area contributed by atoms with E-state index in [4.69, 9.17) is 5.73 Å². The predicted molar refractivity (Wildman–Crippen MR) is 94.6 cm³/mol. The average Bonchev–Trinajstić information content (AvgIpc) is 2.48. The highest BCUT2D eigenvalue weighted by Gasteiger charge is 2.13. The molecule has 1 unspecified atom stereocenters. The Morgan fingerprint density at radius 2 is 1.95 bits per heavy atom. The molecule has 0 fully saturated rings. The summed E-state index contributed by atoms with van der Waals surface area (Å²) >= 11 is 5.83. The zero-order valence-electron chi connectivity index (χ0n) is 10.6. The quantitative estimate of drug-likeness (QED) is 0.591. The van der Waals surface area contributed by atoms with Gasteiger partial charge in [-0.1, -0.05) is 34.1 Å². The largest absolute Gasteiger partial charge is 0.320 e. The van der Waals surface area contributed by atoms with Crippen molar-refractivity contribution >= 4 is 49.4 Å². The van der Waals surface area contributed by atoms with Crippen molar-refractivity contribution in [3.8, 4) is 0 Å². The van der Waals surface area contributed by atoms with Crippen LogP contribution in [0.2, 0.25) is 0 Å². The van der Waals surface area contributed by atoms with Crippen LogP contribution in [0, 0.1) is 3.57 Å². The van der Waals surface area contributed by atoms with Gasteiger partial charge in [-0.3, -0.25) is 4.98 Å². The molecule has 4 heteroatoms. The Hall–Kier alpha value is -0.980. The minimum atomic E-state index is -0.147. The Balaban J connectivity index is 2.07. The van der Waals surface area contributed by atoms with E-state index < -0.39 is 0 Å². The number of benzene rings is 2. The van der Waals surface area contributed by atoms with Crippen LogP contribution in [0.15, 0.2) is 59.2 Å². The van der Waals surface area contributed by atoms with Crippen molar-refractivity contribution in [3.63, 3.8) is 0 Å². The van der Waals surface area contributed by atoms with Gasteiger partial charge in [-0.05, 0) is 64.0 Å². The molecule has 0 aliphatic heterocycles. The van der Waals surface area contributed by atoms with Crippen LogP contribution < -0.4 is 5.73 Å². The minimum Gasteiger partial charge on any atom is -0.320 e.